The fourth-order valence-electron chi connectivity index (χ4n) is 2.20. The van der Waals surface area contributed by atoms with Crippen LogP contribution in [0.4, 0.5) is 0 Å². The van der Waals surface area contributed by atoms with Crippen LogP contribution in [0.25, 0.3) is 0 Å². The van der Waals surface area contributed by atoms with Crippen molar-refractivity contribution in [3.63, 3.8) is 0 Å². The summed E-state index contributed by atoms with van der Waals surface area (Å²) in [5.41, 5.74) is -0.636. The molecule has 25 heavy (non-hydrogen) atoms. The van der Waals surface area contributed by atoms with E-state index in [0.29, 0.717) is 6.42 Å². The molecular weight excluding hydrogens is 336 g/mol. The summed E-state index contributed by atoms with van der Waals surface area (Å²) in [5, 5.41) is -0.0798. The number of Topliss-reactive ketones (excluding diaryl/α,β-unsaturated/α-hetero) is 1. The van der Waals surface area contributed by atoms with Gasteiger partial charge in [0.25, 0.3) is 0 Å². The Bertz CT molecular complexity index is 459. The van der Waals surface area contributed by atoms with Crippen molar-refractivity contribution in [1.29, 1.82) is 0 Å². The van der Waals surface area contributed by atoms with Crippen LogP contribution in [0.1, 0.15) is 61.8 Å². The van der Waals surface area contributed by atoms with E-state index >= 15 is 0 Å². The van der Waals surface area contributed by atoms with E-state index in [2.05, 4.69) is 33.9 Å². The van der Waals surface area contributed by atoms with Crippen LogP contribution in [0, 0.1) is 5.92 Å². The van der Waals surface area contributed by atoms with Crippen LogP contribution in [-0.4, -0.2) is 45.0 Å². The maximum atomic E-state index is 12.9. The number of ether oxygens (including phenoxy) is 2. The van der Waals surface area contributed by atoms with Gasteiger partial charge in [-0.05, 0) is 38.9 Å². The first-order chi connectivity index (χ1) is 11.1. The smallest absolute Gasteiger partial charge is 0.337 e. The lowest BCUT2D eigenvalue weighted by Gasteiger charge is -2.41. The summed E-state index contributed by atoms with van der Waals surface area (Å²) in [4.78, 5) is 25.1. The number of ketones is 1. The Morgan fingerprint density at radius 3 is 1.84 bits per heavy atom. The molecule has 148 valence electrons. The van der Waals surface area contributed by atoms with Gasteiger partial charge in [0, 0.05) is 19.4 Å². The summed E-state index contributed by atoms with van der Waals surface area (Å²) in [6.45, 7) is 19.5. The number of carbonyl (C=O) groups is 2. The number of methoxy groups -OCH3 is 1. The highest BCUT2D eigenvalue weighted by Crippen LogP contribution is 2.38. The van der Waals surface area contributed by atoms with Crippen molar-refractivity contribution in [3.8, 4) is 0 Å². The molecule has 0 aliphatic carbocycles. The fraction of sp³-hybridized carbons (Fsp3) is 0.895. The Kier molecular flexibility index (Phi) is 8.52. The van der Waals surface area contributed by atoms with Crippen LogP contribution >= 0.6 is 0 Å². The molecule has 0 aromatic rings. The van der Waals surface area contributed by atoms with Gasteiger partial charge in [0.1, 0.15) is 17.5 Å². The highest BCUT2D eigenvalue weighted by atomic mass is 28.4. The van der Waals surface area contributed by atoms with E-state index in [1.807, 2.05) is 27.7 Å². The molecule has 0 aliphatic rings. The molecular formula is C19H38O5Si. The molecule has 0 saturated heterocycles. The summed E-state index contributed by atoms with van der Waals surface area (Å²) in [7, 11) is -0.758. The second-order valence-corrected chi connectivity index (χ2v) is 13.9. The van der Waals surface area contributed by atoms with Crippen molar-refractivity contribution >= 4 is 20.1 Å². The fourth-order valence-corrected chi connectivity index (χ4v) is 3.42. The molecule has 3 atom stereocenters. The van der Waals surface area contributed by atoms with Gasteiger partial charge >= 0.3 is 5.97 Å². The highest BCUT2D eigenvalue weighted by molar-refractivity contribution is 6.74. The van der Waals surface area contributed by atoms with Crippen molar-refractivity contribution < 1.29 is 23.5 Å². The topological polar surface area (TPSA) is 61.8 Å². The third-order valence-electron chi connectivity index (χ3n) is 4.79. The molecule has 0 aliphatic heterocycles. The number of hydrogen-bond donors (Lipinski definition) is 0. The first-order valence-electron chi connectivity index (χ1n) is 9.03. The van der Waals surface area contributed by atoms with Gasteiger partial charge in [-0.25, -0.2) is 4.79 Å². The monoisotopic (exact) mass is 374 g/mol. The zero-order valence-corrected chi connectivity index (χ0v) is 19.0. The minimum absolute atomic E-state index is 0.0410. The largest absolute Gasteiger partial charge is 0.458 e. The van der Waals surface area contributed by atoms with E-state index in [0.717, 1.165) is 0 Å². The van der Waals surface area contributed by atoms with E-state index in [9.17, 15) is 9.59 Å². The van der Waals surface area contributed by atoms with Crippen molar-refractivity contribution in [2.75, 3.05) is 7.11 Å². The van der Waals surface area contributed by atoms with Gasteiger partial charge in [-0.3, -0.25) is 4.79 Å². The molecule has 5 nitrogen and oxygen atoms in total. The van der Waals surface area contributed by atoms with Gasteiger partial charge in [-0.1, -0.05) is 34.6 Å². The van der Waals surface area contributed by atoms with Gasteiger partial charge in [-0.2, -0.15) is 0 Å². The van der Waals surface area contributed by atoms with E-state index in [1.165, 1.54) is 7.11 Å². The maximum absolute atomic E-state index is 12.9. The van der Waals surface area contributed by atoms with Gasteiger partial charge in [-0.15, -0.1) is 0 Å². The lowest BCUT2D eigenvalue weighted by atomic mass is 9.93. The average molecular weight is 375 g/mol. The number of esters is 1. The average Bonchev–Trinajstić information content (AvgIpc) is 2.42. The van der Waals surface area contributed by atoms with Gasteiger partial charge in [0.2, 0.25) is 0 Å². The first-order valence-corrected chi connectivity index (χ1v) is 11.9. The molecule has 0 aromatic heterocycles. The summed E-state index contributed by atoms with van der Waals surface area (Å²) >= 11 is 0. The van der Waals surface area contributed by atoms with Crippen molar-refractivity contribution in [1.82, 2.24) is 0 Å². The Balaban J connectivity index is 5.80. The Hall–Kier alpha value is -0.723. The molecule has 0 heterocycles. The Morgan fingerprint density at radius 1 is 1.04 bits per heavy atom. The second-order valence-electron chi connectivity index (χ2n) is 9.14. The number of hydrogen-bond acceptors (Lipinski definition) is 5. The van der Waals surface area contributed by atoms with E-state index < -0.39 is 38.0 Å². The minimum Gasteiger partial charge on any atom is -0.458 e. The highest BCUT2D eigenvalue weighted by Gasteiger charge is 2.46. The van der Waals surface area contributed by atoms with Crippen LogP contribution in [0.15, 0.2) is 0 Å². The molecule has 0 rings (SSSR count). The molecule has 6 heteroatoms. The molecule has 0 aromatic carbocycles. The molecule has 0 fully saturated rings. The summed E-state index contributed by atoms with van der Waals surface area (Å²) < 4.78 is 17.5. The summed E-state index contributed by atoms with van der Waals surface area (Å²) in [6, 6.07) is 0. The van der Waals surface area contributed by atoms with Crippen molar-refractivity contribution in [2.45, 2.75) is 97.8 Å². The zero-order valence-electron chi connectivity index (χ0n) is 18.0. The second kappa shape index (κ2) is 8.78. The maximum Gasteiger partial charge on any atom is 0.337 e. The molecule has 0 spiro atoms. The molecule has 0 amide bonds. The quantitative estimate of drug-likeness (QED) is 0.467. The normalized spacial score (nSPS) is 16.9. The van der Waals surface area contributed by atoms with Crippen LogP contribution in [-0.2, 0) is 23.5 Å². The van der Waals surface area contributed by atoms with Crippen molar-refractivity contribution in [3.05, 3.63) is 0 Å². The number of rotatable bonds is 8. The van der Waals surface area contributed by atoms with E-state index in [1.54, 1.807) is 6.92 Å². The van der Waals surface area contributed by atoms with Gasteiger partial charge in [0.05, 0.1) is 0 Å². The van der Waals surface area contributed by atoms with Gasteiger partial charge in [0.15, 0.2) is 14.4 Å². The molecule has 0 radical (unpaired) electrons. The van der Waals surface area contributed by atoms with Crippen LogP contribution in [0.5, 0.6) is 0 Å². The van der Waals surface area contributed by atoms with Crippen molar-refractivity contribution in [2.24, 2.45) is 5.92 Å². The van der Waals surface area contributed by atoms with Crippen LogP contribution in [0.3, 0.4) is 0 Å². The third-order valence-corrected chi connectivity index (χ3v) is 9.24. The predicted octanol–water partition coefficient (Wildman–Crippen LogP) is 4.35. The van der Waals surface area contributed by atoms with Crippen LogP contribution in [0.2, 0.25) is 18.1 Å². The molecule has 0 unspecified atom stereocenters. The number of carbonyl (C=O) groups excluding carboxylic acids is 2. The van der Waals surface area contributed by atoms with E-state index in [-0.39, 0.29) is 10.8 Å². The first kappa shape index (κ1) is 24.3. The predicted molar refractivity (Wildman–Crippen MR) is 103 cm³/mol. The zero-order chi connectivity index (χ0) is 20.2. The lowest BCUT2D eigenvalue weighted by Crippen LogP contribution is -2.54. The SMILES string of the molecule is CCC(=O)[C@@H](C)[C@H](OC)[C@@H](O[Si](C)(C)C(C)(C)C)C(=O)OC(C)(C)C. The molecule has 0 saturated carbocycles. The third kappa shape index (κ3) is 7.19. The van der Waals surface area contributed by atoms with Crippen LogP contribution < -0.4 is 0 Å². The van der Waals surface area contributed by atoms with Gasteiger partial charge < -0.3 is 13.9 Å². The summed E-state index contributed by atoms with van der Waals surface area (Å²) in [6.07, 6.45) is -1.20. The minimum atomic E-state index is -2.27. The Labute approximate surface area is 154 Å². The molecule has 0 bridgehead atoms. The molecule has 0 N–H and O–H groups in total. The summed E-state index contributed by atoms with van der Waals surface area (Å²) in [5.74, 6) is -0.878. The standard InChI is InChI=1S/C19H38O5Si/c1-12-14(20)13(2)15(22-9)16(17(21)23-18(3,4)5)24-25(10,11)19(6,7)8/h13,15-16H,12H2,1-11H3/t13-,15+,16-/m1/s1. The lowest BCUT2D eigenvalue weighted by molar-refractivity contribution is -0.173. The van der Waals surface area contributed by atoms with E-state index in [4.69, 9.17) is 13.9 Å². The Morgan fingerprint density at radius 2 is 1.52 bits per heavy atom.